The first-order chi connectivity index (χ1) is 23.9. The van der Waals surface area contributed by atoms with Gasteiger partial charge in [-0.1, -0.05) is 195 Å². The first-order valence-corrected chi connectivity index (χ1v) is 21.4. The summed E-state index contributed by atoms with van der Waals surface area (Å²) >= 11 is 0. The van der Waals surface area contributed by atoms with Crippen LogP contribution >= 0.6 is 0 Å². The Balaban J connectivity index is 4.15. The number of hydrogen-bond donors (Lipinski definition) is 0. The van der Waals surface area contributed by atoms with E-state index in [1.165, 1.54) is 122 Å². The Kier molecular flexibility index (Phi) is 36.4. The SMILES string of the molecule is CCCCCCCCCCCCCC(=O)OC[C@@H](COC(=O)CCCCCCCCCCCCCCC(C)C)OC(=O)CCCCCCC. The maximum atomic E-state index is 12.5. The largest absolute Gasteiger partial charge is 0.462 e. The molecule has 0 N–H and O–H groups in total. The topological polar surface area (TPSA) is 78.9 Å². The van der Waals surface area contributed by atoms with Crippen molar-refractivity contribution >= 4 is 17.9 Å². The van der Waals surface area contributed by atoms with Gasteiger partial charge in [0.25, 0.3) is 0 Å². The van der Waals surface area contributed by atoms with Gasteiger partial charge in [0.15, 0.2) is 6.10 Å². The lowest BCUT2D eigenvalue weighted by atomic mass is 10.0. The van der Waals surface area contributed by atoms with Crippen molar-refractivity contribution in [2.24, 2.45) is 5.92 Å². The Hall–Kier alpha value is -1.59. The normalized spacial score (nSPS) is 11.9. The van der Waals surface area contributed by atoms with Crippen molar-refractivity contribution in [3.63, 3.8) is 0 Å². The second-order valence-electron chi connectivity index (χ2n) is 15.1. The molecule has 0 rings (SSSR count). The monoisotopic (exact) mass is 695 g/mol. The van der Waals surface area contributed by atoms with Crippen molar-refractivity contribution in [2.75, 3.05) is 13.2 Å². The fraction of sp³-hybridized carbons (Fsp3) is 0.930. The Morgan fingerprint density at radius 2 is 0.673 bits per heavy atom. The average molecular weight is 695 g/mol. The fourth-order valence-electron chi connectivity index (χ4n) is 6.27. The highest BCUT2D eigenvalue weighted by Gasteiger charge is 2.19. The van der Waals surface area contributed by atoms with Gasteiger partial charge in [-0.2, -0.15) is 0 Å². The Bertz CT molecular complexity index is 736. The maximum absolute atomic E-state index is 12.5. The van der Waals surface area contributed by atoms with Gasteiger partial charge < -0.3 is 14.2 Å². The second kappa shape index (κ2) is 37.7. The smallest absolute Gasteiger partial charge is 0.306 e. The van der Waals surface area contributed by atoms with Gasteiger partial charge in [-0.15, -0.1) is 0 Å². The molecule has 0 amide bonds. The fourth-order valence-corrected chi connectivity index (χ4v) is 6.27. The third kappa shape index (κ3) is 37.5. The van der Waals surface area contributed by atoms with Crippen LogP contribution in [0.1, 0.15) is 233 Å². The zero-order valence-electron chi connectivity index (χ0n) is 33.1. The van der Waals surface area contributed by atoms with Crippen molar-refractivity contribution < 1.29 is 28.6 Å². The lowest BCUT2D eigenvalue weighted by molar-refractivity contribution is -0.167. The molecular weight excluding hydrogens is 612 g/mol. The third-order valence-corrected chi connectivity index (χ3v) is 9.54. The molecule has 0 unspecified atom stereocenters. The summed E-state index contributed by atoms with van der Waals surface area (Å²) in [6.07, 6.45) is 35.4. The number of unbranched alkanes of at least 4 members (excludes halogenated alkanes) is 25. The van der Waals surface area contributed by atoms with E-state index in [0.717, 1.165) is 70.1 Å². The minimum atomic E-state index is -0.756. The number of esters is 3. The molecule has 0 saturated heterocycles. The van der Waals surface area contributed by atoms with E-state index in [2.05, 4.69) is 27.7 Å². The lowest BCUT2D eigenvalue weighted by Crippen LogP contribution is -2.30. The molecule has 0 aliphatic carbocycles. The van der Waals surface area contributed by atoms with Crippen LogP contribution in [-0.4, -0.2) is 37.2 Å². The van der Waals surface area contributed by atoms with Crippen LogP contribution in [0.2, 0.25) is 0 Å². The van der Waals surface area contributed by atoms with Crippen LogP contribution in [0.15, 0.2) is 0 Å². The molecule has 0 aromatic carbocycles. The van der Waals surface area contributed by atoms with E-state index in [9.17, 15) is 14.4 Å². The molecule has 6 heteroatoms. The maximum Gasteiger partial charge on any atom is 0.306 e. The van der Waals surface area contributed by atoms with Gasteiger partial charge in [0.05, 0.1) is 0 Å². The van der Waals surface area contributed by atoms with Crippen LogP contribution < -0.4 is 0 Å². The van der Waals surface area contributed by atoms with Crippen LogP contribution in [-0.2, 0) is 28.6 Å². The van der Waals surface area contributed by atoms with E-state index in [4.69, 9.17) is 14.2 Å². The number of carbonyl (C=O) groups is 3. The second-order valence-corrected chi connectivity index (χ2v) is 15.1. The summed E-state index contributed by atoms with van der Waals surface area (Å²) in [6.45, 7) is 8.90. The van der Waals surface area contributed by atoms with E-state index in [-0.39, 0.29) is 31.1 Å². The van der Waals surface area contributed by atoms with E-state index in [1.807, 2.05) is 0 Å². The highest BCUT2D eigenvalue weighted by molar-refractivity contribution is 5.71. The van der Waals surface area contributed by atoms with Crippen LogP contribution in [0.5, 0.6) is 0 Å². The van der Waals surface area contributed by atoms with Gasteiger partial charge in [-0.3, -0.25) is 14.4 Å². The molecule has 0 radical (unpaired) electrons. The molecular formula is C43H82O6. The highest BCUT2D eigenvalue weighted by Crippen LogP contribution is 2.16. The predicted octanol–water partition coefficient (Wildman–Crippen LogP) is 13.2. The molecule has 0 spiro atoms. The molecule has 0 aromatic rings. The van der Waals surface area contributed by atoms with Gasteiger partial charge in [0.2, 0.25) is 0 Å². The summed E-state index contributed by atoms with van der Waals surface area (Å²) in [6, 6.07) is 0. The van der Waals surface area contributed by atoms with Gasteiger partial charge >= 0.3 is 17.9 Å². The van der Waals surface area contributed by atoms with Crippen LogP contribution in [0.3, 0.4) is 0 Å². The molecule has 0 saturated carbocycles. The highest BCUT2D eigenvalue weighted by atomic mass is 16.6. The van der Waals surface area contributed by atoms with E-state index in [0.29, 0.717) is 19.3 Å². The molecule has 49 heavy (non-hydrogen) atoms. The van der Waals surface area contributed by atoms with Gasteiger partial charge in [0, 0.05) is 19.3 Å². The molecule has 0 bridgehead atoms. The van der Waals surface area contributed by atoms with Crippen molar-refractivity contribution in [3.8, 4) is 0 Å². The first kappa shape index (κ1) is 47.4. The number of rotatable bonds is 38. The van der Waals surface area contributed by atoms with Crippen molar-refractivity contribution in [3.05, 3.63) is 0 Å². The standard InChI is InChI=1S/C43H82O6/c1-5-7-9-11-12-13-16-20-23-27-30-34-41(44)47-37-40(49-43(46)36-32-25-10-8-6-2)38-48-42(45)35-31-28-24-21-18-15-14-17-19-22-26-29-33-39(3)4/h39-40H,5-38H2,1-4H3/t40-/m0/s1. The summed E-state index contributed by atoms with van der Waals surface area (Å²) in [5, 5.41) is 0. The van der Waals surface area contributed by atoms with E-state index < -0.39 is 6.10 Å². The van der Waals surface area contributed by atoms with Gasteiger partial charge in [-0.05, 0) is 25.2 Å². The Labute approximate surface area is 304 Å². The van der Waals surface area contributed by atoms with Crippen molar-refractivity contribution in [2.45, 2.75) is 239 Å². The zero-order valence-corrected chi connectivity index (χ0v) is 33.1. The Morgan fingerprint density at radius 3 is 1.00 bits per heavy atom. The van der Waals surface area contributed by atoms with Crippen molar-refractivity contribution in [1.82, 2.24) is 0 Å². The number of carbonyl (C=O) groups excluding carboxylic acids is 3. The summed E-state index contributed by atoms with van der Waals surface area (Å²) in [7, 11) is 0. The van der Waals surface area contributed by atoms with E-state index >= 15 is 0 Å². The van der Waals surface area contributed by atoms with Crippen LogP contribution in [0.4, 0.5) is 0 Å². The Morgan fingerprint density at radius 1 is 0.388 bits per heavy atom. The summed E-state index contributed by atoms with van der Waals surface area (Å²) in [5.74, 6) is -0.0392. The van der Waals surface area contributed by atoms with Crippen LogP contribution in [0.25, 0.3) is 0 Å². The quantitative estimate of drug-likeness (QED) is 0.0364. The molecule has 0 aliphatic rings. The molecule has 0 aromatic heterocycles. The van der Waals surface area contributed by atoms with Gasteiger partial charge in [-0.25, -0.2) is 0 Å². The van der Waals surface area contributed by atoms with Gasteiger partial charge in [0.1, 0.15) is 13.2 Å². The van der Waals surface area contributed by atoms with E-state index in [1.54, 1.807) is 0 Å². The number of hydrogen-bond acceptors (Lipinski definition) is 6. The third-order valence-electron chi connectivity index (χ3n) is 9.54. The zero-order chi connectivity index (χ0) is 36.0. The minimum absolute atomic E-state index is 0.0656. The van der Waals surface area contributed by atoms with Crippen LogP contribution in [0, 0.1) is 5.92 Å². The summed E-state index contributed by atoms with van der Waals surface area (Å²) in [5.41, 5.74) is 0. The molecule has 1 atom stereocenters. The predicted molar refractivity (Wildman–Crippen MR) is 206 cm³/mol. The molecule has 290 valence electrons. The van der Waals surface area contributed by atoms with Crippen molar-refractivity contribution in [1.29, 1.82) is 0 Å². The average Bonchev–Trinajstić information content (AvgIpc) is 3.08. The molecule has 6 nitrogen and oxygen atoms in total. The molecule has 0 aliphatic heterocycles. The lowest BCUT2D eigenvalue weighted by Gasteiger charge is -2.18. The minimum Gasteiger partial charge on any atom is -0.462 e. The number of ether oxygens (including phenoxy) is 3. The molecule has 0 fully saturated rings. The first-order valence-electron chi connectivity index (χ1n) is 21.4. The summed E-state index contributed by atoms with van der Waals surface area (Å²) < 4.78 is 16.6. The molecule has 0 heterocycles. The summed E-state index contributed by atoms with van der Waals surface area (Å²) in [4.78, 5) is 37.3.